The molecule has 1 aliphatic heterocycles. The van der Waals surface area contributed by atoms with Crippen molar-refractivity contribution >= 4 is 5.91 Å². The number of hydrogen-bond acceptors (Lipinski definition) is 5. The van der Waals surface area contributed by atoms with Crippen molar-refractivity contribution in [3.63, 3.8) is 0 Å². The van der Waals surface area contributed by atoms with Crippen LogP contribution in [-0.4, -0.2) is 73.4 Å². The summed E-state index contributed by atoms with van der Waals surface area (Å²) in [7, 11) is 5.47. The number of methoxy groups -OCH3 is 1. The number of nitrogens with zero attached hydrogens (tertiary/aromatic N) is 3. The molecule has 1 unspecified atom stereocenters. The van der Waals surface area contributed by atoms with Gasteiger partial charge in [-0.1, -0.05) is 6.07 Å². The monoisotopic (exact) mass is 372 g/mol. The number of benzene rings is 1. The van der Waals surface area contributed by atoms with E-state index >= 15 is 0 Å². The molecule has 0 bridgehead atoms. The van der Waals surface area contributed by atoms with Gasteiger partial charge >= 0.3 is 0 Å². The van der Waals surface area contributed by atoms with Crippen LogP contribution in [0.15, 0.2) is 30.3 Å². The van der Waals surface area contributed by atoms with Crippen LogP contribution in [0.5, 0.6) is 11.5 Å². The first kappa shape index (κ1) is 19.2. The number of likely N-dealkylation sites (N-methyl/N-ethyl adjacent to an activating group) is 1. The van der Waals surface area contributed by atoms with Gasteiger partial charge < -0.3 is 19.3 Å². The number of carbonyl (C=O) groups excluding carboxylic acids is 1. The lowest BCUT2D eigenvalue weighted by atomic mass is 10.0. The summed E-state index contributed by atoms with van der Waals surface area (Å²) in [5, 5.41) is 7.56. The smallest absolute Gasteiger partial charge is 0.236 e. The second-order valence-corrected chi connectivity index (χ2v) is 7.16. The van der Waals surface area contributed by atoms with Crippen LogP contribution in [0.3, 0.4) is 0 Å². The summed E-state index contributed by atoms with van der Waals surface area (Å²) in [6, 6.07) is 9.68. The van der Waals surface area contributed by atoms with Crippen LogP contribution in [0.25, 0.3) is 0 Å². The molecule has 2 aromatic rings. The molecule has 2 heterocycles. The highest BCUT2D eigenvalue weighted by Gasteiger charge is 2.28. The van der Waals surface area contributed by atoms with Gasteiger partial charge in [0.1, 0.15) is 11.5 Å². The molecular weight excluding hydrogens is 344 g/mol. The van der Waals surface area contributed by atoms with Gasteiger partial charge in [0.25, 0.3) is 0 Å². The van der Waals surface area contributed by atoms with E-state index in [1.54, 1.807) is 7.11 Å². The predicted molar refractivity (Wildman–Crippen MR) is 103 cm³/mol. The van der Waals surface area contributed by atoms with Gasteiger partial charge in [0.15, 0.2) is 0 Å². The van der Waals surface area contributed by atoms with Crippen LogP contribution in [-0.2, 0) is 11.2 Å². The molecule has 3 rings (SSSR count). The van der Waals surface area contributed by atoms with Crippen LogP contribution >= 0.6 is 0 Å². The van der Waals surface area contributed by atoms with Crippen LogP contribution < -0.4 is 9.47 Å². The number of nitrogens with one attached hydrogen (secondary N) is 1. The van der Waals surface area contributed by atoms with Crippen molar-refractivity contribution in [2.75, 3.05) is 47.4 Å². The summed E-state index contributed by atoms with van der Waals surface area (Å²) in [5.74, 6) is 2.07. The molecular formula is C20H28N4O3. The van der Waals surface area contributed by atoms with Gasteiger partial charge in [0, 0.05) is 37.2 Å². The maximum atomic E-state index is 12.2. The Labute approximate surface area is 160 Å². The Bertz CT molecular complexity index is 759. The minimum Gasteiger partial charge on any atom is -0.497 e. The molecule has 146 valence electrons. The Hall–Kier alpha value is -2.54. The van der Waals surface area contributed by atoms with Gasteiger partial charge in [-0.05, 0) is 38.7 Å². The fourth-order valence-electron chi connectivity index (χ4n) is 3.29. The number of likely N-dealkylation sites (tertiary alicyclic amines) is 1. The third-order valence-electron chi connectivity index (χ3n) is 4.74. The average Bonchev–Trinajstić information content (AvgIpc) is 3.31. The van der Waals surface area contributed by atoms with E-state index in [9.17, 15) is 4.79 Å². The highest BCUT2D eigenvalue weighted by molar-refractivity contribution is 5.78. The van der Waals surface area contributed by atoms with Crippen molar-refractivity contribution in [2.45, 2.75) is 18.8 Å². The lowest BCUT2D eigenvalue weighted by Gasteiger charge is -2.18. The van der Waals surface area contributed by atoms with Gasteiger partial charge in [-0.3, -0.25) is 9.89 Å². The van der Waals surface area contributed by atoms with E-state index in [-0.39, 0.29) is 5.91 Å². The molecule has 1 aromatic carbocycles. The summed E-state index contributed by atoms with van der Waals surface area (Å²) in [5.41, 5.74) is 2.08. The van der Waals surface area contributed by atoms with Gasteiger partial charge in [-0.15, -0.1) is 0 Å². The Balaban J connectivity index is 1.48. The molecule has 1 saturated heterocycles. The van der Waals surface area contributed by atoms with E-state index < -0.39 is 0 Å². The van der Waals surface area contributed by atoms with Crippen LogP contribution in [0.2, 0.25) is 0 Å². The number of aromatic nitrogens is 2. The minimum atomic E-state index is 0.185. The third kappa shape index (κ3) is 5.23. The molecule has 0 spiro atoms. The van der Waals surface area contributed by atoms with Crippen molar-refractivity contribution in [2.24, 2.45) is 0 Å². The number of H-pyrrole nitrogens is 1. The lowest BCUT2D eigenvalue weighted by Crippen LogP contribution is -2.36. The molecule has 7 heteroatoms. The summed E-state index contributed by atoms with van der Waals surface area (Å²) >= 11 is 0. The number of ether oxygens (including phenoxy) is 2. The van der Waals surface area contributed by atoms with E-state index in [0.29, 0.717) is 19.1 Å². The molecule has 0 radical (unpaired) electrons. The van der Waals surface area contributed by atoms with Gasteiger partial charge in [0.05, 0.1) is 26.0 Å². The standard InChI is InChI=1S/C20H28N4O3/c1-23(2)14-20(25)24-9-7-15(13-24)19-11-16(21-22-19)8-10-27-18-6-4-5-17(12-18)26-3/h4-6,11-12,15H,7-10,13-14H2,1-3H3,(H,21,22). The molecule has 27 heavy (non-hydrogen) atoms. The Morgan fingerprint density at radius 1 is 1.33 bits per heavy atom. The Kier molecular flexibility index (Phi) is 6.34. The molecule has 0 saturated carbocycles. The predicted octanol–water partition coefficient (Wildman–Crippen LogP) is 1.92. The van der Waals surface area contributed by atoms with E-state index in [4.69, 9.17) is 9.47 Å². The van der Waals surface area contributed by atoms with Crippen molar-refractivity contribution in [3.8, 4) is 11.5 Å². The van der Waals surface area contributed by atoms with E-state index in [1.807, 2.05) is 48.2 Å². The van der Waals surface area contributed by atoms with Gasteiger partial charge in [-0.25, -0.2) is 0 Å². The van der Waals surface area contributed by atoms with Crippen LogP contribution in [0.4, 0.5) is 0 Å². The van der Waals surface area contributed by atoms with E-state index in [1.165, 1.54) is 0 Å². The summed E-state index contributed by atoms with van der Waals surface area (Å²) in [4.78, 5) is 16.0. The molecule has 7 nitrogen and oxygen atoms in total. The maximum Gasteiger partial charge on any atom is 0.236 e. The SMILES string of the molecule is COc1cccc(OCCc2cc(C3CCN(C(=O)CN(C)C)C3)n[nH]2)c1. The Morgan fingerprint density at radius 3 is 2.93 bits per heavy atom. The normalized spacial score (nSPS) is 16.7. The summed E-state index contributed by atoms with van der Waals surface area (Å²) in [6.07, 6.45) is 1.71. The largest absolute Gasteiger partial charge is 0.497 e. The molecule has 1 fully saturated rings. The van der Waals surface area contributed by atoms with E-state index in [0.717, 1.165) is 48.8 Å². The topological polar surface area (TPSA) is 70.7 Å². The number of amides is 1. The summed E-state index contributed by atoms with van der Waals surface area (Å²) < 4.78 is 11.0. The molecule has 1 amide bonds. The molecule has 1 aliphatic rings. The summed E-state index contributed by atoms with van der Waals surface area (Å²) in [6.45, 7) is 2.57. The zero-order valence-corrected chi connectivity index (χ0v) is 16.3. The molecule has 1 N–H and O–H groups in total. The second-order valence-electron chi connectivity index (χ2n) is 7.16. The molecule has 1 atom stereocenters. The fourth-order valence-corrected chi connectivity index (χ4v) is 3.29. The van der Waals surface area contributed by atoms with Crippen LogP contribution in [0.1, 0.15) is 23.7 Å². The number of hydrogen-bond donors (Lipinski definition) is 1. The lowest BCUT2D eigenvalue weighted by molar-refractivity contribution is -0.130. The second kappa shape index (κ2) is 8.90. The molecule has 1 aromatic heterocycles. The first-order chi connectivity index (χ1) is 13.0. The fraction of sp³-hybridized carbons (Fsp3) is 0.500. The van der Waals surface area contributed by atoms with Crippen molar-refractivity contribution in [3.05, 3.63) is 41.7 Å². The highest BCUT2D eigenvalue weighted by Crippen LogP contribution is 2.26. The third-order valence-corrected chi connectivity index (χ3v) is 4.74. The van der Waals surface area contributed by atoms with Crippen LogP contribution in [0, 0.1) is 0 Å². The zero-order chi connectivity index (χ0) is 19.2. The zero-order valence-electron chi connectivity index (χ0n) is 16.3. The van der Waals surface area contributed by atoms with Crippen molar-refractivity contribution < 1.29 is 14.3 Å². The highest BCUT2D eigenvalue weighted by atomic mass is 16.5. The maximum absolute atomic E-state index is 12.2. The number of aromatic amines is 1. The quantitative estimate of drug-likeness (QED) is 0.767. The average molecular weight is 372 g/mol. The van der Waals surface area contributed by atoms with Gasteiger partial charge in [-0.2, -0.15) is 5.10 Å². The first-order valence-electron chi connectivity index (χ1n) is 9.28. The Morgan fingerprint density at radius 2 is 2.15 bits per heavy atom. The minimum absolute atomic E-state index is 0.185. The first-order valence-corrected chi connectivity index (χ1v) is 9.28. The van der Waals surface area contributed by atoms with Crippen molar-refractivity contribution in [1.82, 2.24) is 20.0 Å². The van der Waals surface area contributed by atoms with E-state index in [2.05, 4.69) is 16.3 Å². The van der Waals surface area contributed by atoms with Crippen molar-refractivity contribution in [1.29, 1.82) is 0 Å². The number of rotatable bonds is 8. The number of carbonyl (C=O) groups is 1. The van der Waals surface area contributed by atoms with Gasteiger partial charge in [0.2, 0.25) is 5.91 Å². The molecule has 0 aliphatic carbocycles.